The third-order valence-electron chi connectivity index (χ3n) is 5.38. The van der Waals surface area contributed by atoms with Crippen LogP contribution in [0.15, 0.2) is 42.5 Å². The van der Waals surface area contributed by atoms with E-state index in [1.54, 1.807) is 4.90 Å². The number of nitrogens with zero attached hydrogens (tertiary/aromatic N) is 2. The molecule has 7 heteroatoms. The van der Waals surface area contributed by atoms with E-state index in [4.69, 9.17) is 4.74 Å². The van der Waals surface area contributed by atoms with Crippen molar-refractivity contribution in [2.45, 2.75) is 39.3 Å². The van der Waals surface area contributed by atoms with E-state index in [1.807, 2.05) is 56.3 Å². The zero-order valence-corrected chi connectivity index (χ0v) is 16.7. The van der Waals surface area contributed by atoms with Crippen LogP contribution in [0.2, 0.25) is 0 Å². The summed E-state index contributed by atoms with van der Waals surface area (Å²) in [6.45, 7) is 3.32. The molecule has 2 unspecified atom stereocenters. The second-order valence-electron chi connectivity index (χ2n) is 7.68. The van der Waals surface area contributed by atoms with Crippen LogP contribution in [0.3, 0.4) is 0 Å². The molecule has 0 aromatic heterocycles. The molecule has 29 heavy (non-hydrogen) atoms. The van der Waals surface area contributed by atoms with Gasteiger partial charge in [0.2, 0.25) is 11.8 Å². The second-order valence-corrected chi connectivity index (χ2v) is 7.68. The van der Waals surface area contributed by atoms with Gasteiger partial charge in [-0.1, -0.05) is 42.5 Å². The maximum Gasteiger partial charge on any atom is 0.326 e. The van der Waals surface area contributed by atoms with Crippen molar-refractivity contribution in [1.82, 2.24) is 9.80 Å². The van der Waals surface area contributed by atoms with Gasteiger partial charge in [0.05, 0.1) is 11.8 Å². The minimum absolute atomic E-state index is 0.0706. The van der Waals surface area contributed by atoms with Crippen LogP contribution in [0.4, 0.5) is 0 Å². The summed E-state index contributed by atoms with van der Waals surface area (Å²) in [7, 11) is 0. The van der Waals surface area contributed by atoms with Gasteiger partial charge in [0.15, 0.2) is 6.61 Å². The van der Waals surface area contributed by atoms with E-state index in [0.717, 1.165) is 10.5 Å². The predicted octanol–water partition coefficient (Wildman–Crippen LogP) is 1.92. The Morgan fingerprint density at radius 3 is 2.21 bits per heavy atom. The third kappa shape index (κ3) is 4.72. The quantitative estimate of drug-likeness (QED) is 0.398. The molecule has 3 amide bonds. The summed E-state index contributed by atoms with van der Waals surface area (Å²) in [5, 5.41) is 0. The van der Waals surface area contributed by atoms with E-state index in [-0.39, 0.29) is 35.6 Å². The second kappa shape index (κ2) is 9.03. The number of hydrogen-bond donors (Lipinski definition) is 0. The Bertz CT molecular complexity index is 792. The summed E-state index contributed by atoms with van der Waals surface area (Å²) in [4.78, 5) is 52.2. The van der Waals surface area contributed by atoms with Crippen LogP contribution < -0.4 is 0 Å². The first-order valence-corrected chi connectivity index (χ1v) is 9.87. The standard InChI is InChI=1S/C22H26N2O5/c1-15(2)23(12-16-8-4-3-5-9-16)19(25)14-29-20(26)13-24-21(27)17-10-6-7-11-18(17)22(24)28/h3-9,15,17-18H,10-14H2,1-2H3. The van der Waals surface area contributed by atoms with Crippen LogP contribution in [0.5, 0.6) is 0 Å². The Morgan fingerprint density at radius 2 is 1.66 bits per heavy atom. The van der Waals surface area contributed by atoms with Gasteiger partial charge in [0.1, 0.15) is 6.54 Å². The highest BCUT2D eigenvalue weighted by atomic mass is 16.5. The zero-order valence-electron chi connectivity index (χ0n) is 16.7. The van der Waals surface area contributed by atoms with E-state index in [1.165, 1.54) is 0 Å². The van der Waals surface area contributed by atoms with Crippen LogP contribution in [-0.4, -0.2) is 52.7 Å². The molecule has 1 heterocycles. The molecule has 0 bridgehead atoms. The molecule has 2 atom stereocenters. The fourth-order valence-corrected chi connectivity index (χ4v) is 3.76. The number of likely N-dealkylation sites (tertiary alicyclic amines) is 1. The molecule has 1 aromatic carbocycles. The number of benzene rings is 1. The fraction of sp³-hybridized carbons (Fsp3) is 0.455. The molecule has 0 radical (unpaired) electrons. The van der Waals surface area contributed by atoms with Crippen molar-refractivity contribution >= 4 is 23.7 Å². The van der Waals surface area contributed by atoms with Crippen molar-refractivity contribution in [3.8, 4) is 0 Å². The van der Waals surface area contributed by atoms with E-state index in [0.29, 0.717) is 19.4 Å². The van der Waals surface area contributed by atoms with Crippen LogP contribution in [0.1, 0.15) is 32.3 Å². The normalized spacial score (nSPS) is 20.7. The first-order chi connectivity index (χ1) is 13.9. The fourth-order valence-electron chi connectivity index (χ4n) is 3.76. The van der Waals surface area contributed by atoms with Crippen LogP contribution in [0.25, 0.3) is 0 Å². The Hall–Kier alpha value is -2.96. The van der Waals surface area contributed by atoms with Gasteiger partial charge < -0.3 is 9.64 Å². The average molecular weight is 398 g/mol. The molecule has 0 saturated carbocycles. The number of allylic oxidation sites excluding steroid dienone is 2. The van der Waals surface area contributed by atoms with Crippen LogP contribution >= 0.6 is 0 Å². The van der Waals surface area contributed by atoms with Crippen molar-refractivity contribution in [2.24, 2.45) is 11.8 Å². The predicted molar refractivity (Wildman–Crippen MR) is 105 cm³/mol. The van der Waals surface area contributed by atoms with E-state index >= 15 is 0 Å². The minimum atomic E-state index is -0.755. The van der Waals surface area contributed by atoms with Crippen molar-refractivity contribution in [3.63, 3.8) is 0 Å². The van der Waals surface area contributed by atoms with Crippen molar-refractivity contribution < 1.29 is 23.9 Å². The summed E-state index contributed by atoms with van der Waals surface area (Å²) in [6.07, 6.45) is 4.81. The number of rotatable bonds is 7. The molecule has 2 aliphatic rings. The largest absolute Gasteiger partial charge is 0.454 e. The smallest absolute Gasteiger partial charge is 0.326 e. The van der Waals surface area contributed by atoms with Crippen LogP contribution in [-0.2, 0) is 30.5 Å². The van der Waals surface area contributed by atoms with Gasteiger partial charge in [-0.3, -0.25) is 24.1 Å². The number of amides is 3. The first-order valence-electron chi connectivity index (χ1n) is 9.87. The number of esters is 1. The molecule has 0 N–H and O–H groups in total. The molecule has 1 aliphatic heterocycles. The Kier molecular flexibility index (Phi) is 6.46. The average Bonchev–Trinajstić information content (AvgIpc) is 2.96. The van der Waals surface area contributed by atoms with E-state index in [2.05, 4.69) is 0 Å². The summed E-state index contributed by atoms with van der Waals surface area (Å²) in [5.41, 5.74) is 0.977. The number of fused-ring (bicyclic) bond motifs is 1. The minimum Gasteiger partial charge on any atom is -0.454 e. The summed E-state index contributed by atoms with van der Waals surface area (Å²) >= 11 is 0. The molecule has 0 spiro atoms. The number of carbonyl (C=O) groups excluding carboxylic acids is 4. The Morgan fingerprint density at radius 1 is 1.07 bits per heavy atom. The van der Waals surface area contributed by atoms with Crippen LogP contribution in [0, 0.1) is 11.8 Å². The molecule has 1 fully saturated rings. The maximum absolute atomic E-state index is 12.6. The van der Waals surface area contributed by atoms with Gasteiger partial charge in [0, 0.05) is 12.6 Å². The number of carbonyl (C=O) groups is 4. The lowest BCUT2D eigenvalue weighted by atomic mass is 9.85. The molecule has 154 valence electrons. The molecular formula is C22H26N2O5. The molecule has 1 aliphatic carbocycles. The number of imide groups is 1. The van der Waals surface area contributed by atoms with Gasteiger partial charge in [-0.25, -0.2) is 0 Å². The SMILES string of the molecule is CC(C)N(Cc1ccccc1)C(=O)COC(=O)CN1C(=O)C2CC=CCC2C1=O. The van der Waals surface area contributed by atoms with Gasteiger partial charge >= 0.3 is 5.97 Å². The summed E-state index contributed by atoms with van der Waals surface area (Å²) in [6, 6.07) is 9.48. The Labute approximate surface area is 170 Å². The Balaban J connectivity index is 1.53. The number of ether oxygens (including phenoxy) is 1. The van der Waals surface area contributed by atoms with Crippen molar-refractivity contribution in [1.29, 1.82) is 0 Å². The monoisotopic (exact) mass is 398 g/mol. The highest BCUT2D eigenvalue weighted by Gasteiger charge is 2.47. The van der Waals surface area contributed by atoms with Gasteiger partial charge in [0.25, 0.3) is 5.91 Å². The summed E-state index contributed by atoms with van der Waals surface area (Å²) < 4.78 is 5.09. The lowest BCUT2D eigenvalue weighted by Crippen LogP contribution is -2.41. The lowest BCUT2D eigenvalue weighted by molar-refractivity contribution is -0.157. The van der Waals surface area contributed by atoms with Gasteiger partial charge in [-0.2, -0.15) is 0 Å². The first kappa shape index (κ1) is 20.8. The van der Waals surface area contributed by atoms with Crippen molar-refractivity contribution in [3.05, 3.63) is 48.0 Å². The van der Waals surface area contributed by atoms with Gasteiger partial charge in [-0.05, 0) is 32.3 Å². The highest BCUT2D eigenvalue weighted by molar-refractivity contribution is 6.07. The number of hydrogen-bond acceptors (Lipinski definition) is 5. The highest BCUT2D eigenvalue weighted by Crippen LogP contribution is 2.34. The molecule has 3 rings (SSSR count). The van der Waals surface area contributed by atoms with Gasteiger partial charge in [-0.15, -0.1) is 0 Å². The molecule has 7 nitrogen and oxygen atoms in total. The van der Waals surface area contributed by atoms with E-state index in [9.17, 15) is 19.2 Å². The lowest BCUT2D eigenvalue weighted by Gasteiger charge is -2.27. The molecule has 1 aromatic rings. The molecular weight excluding hydrogens is 372 g/mol. The third-order valence-corrected chi connectivity index (χ3v) is 5.38. The van der Waals surface area contributed by atoms with Crippen molar-refractivity contribution in [2.75, 3.05) is 13.2 Å². The maximum atomic E-state index is 12.6. The summed E-state index contributed by atoms with van der Waals surface area (Å²) in [5.74, 6) is -2.52. The molecule has 1 saturated heterocycles. The zero-order chi connectivity index (χ0) is 21.0. The topological polar surface area (TPSA) is 84.0 Å². The van der Waals surface area contributed by atoms with E-state index < -0.39 is 19.1 Å².